The topological polar surface area (TPSA) is 159 Å². The highest BCUT2D eigenvalue weighted by Gasteiger charge is 2.69. The van der Waals surface area contributed by atoms with E-state index in [1.807, 2.05) is 13.8 Å². The summed E-state index contributed by atoms with van der Waals surface area (Å²) < 4.78 is 0. The summed E-state index contributed by atoms with van der Waals surface area (Å²) in [5, 5.41) is 76.2. The molecule has 4 aliphatic rings. The highest BCUT2D eigenvalue weighted by molar-refractivity contribution is 5.95. The average molecular weight is 525 g/mol. The zero-order chi connectivity index (χ0) is 27.8. The van der Waals surface area contributed by atoms with E-state index in [1.165, 1.54) is 0 Å². The Bertz CT molecular complexity index is 923. The number of hydrogen-bond donors (Lipinski definition) is 7. The predicted molar refractivity (Wildman–Crippen MR) is 137 cm³/mol. The Labute approximate surface area is 220 Å². The van der Waals surface area contributed by atoms with Crippen LogP contribution >= 0.6 is 0 Å². The quantitative estimate of drug-likeness (QED) is 0.264. The van der Waals surface area contributed by atoms with Gasteiger partial charge in [0, 0.05) is 17.9 Å². The van der Waals surface area contributed by atoms with Crippen LogP contribution in [0.15, 0.2) is 11.6 Å². The molecule has 3 fully saturated rings. The lowest BCUT2D eigenvalue weighted by molar-refractivity contribution is -0.180. The van der Waals surface area contributed by atoms with Gasteiger partial charge in [0.15, 0.2) is 5.78 Å². The van der Waals surface area contributed by atoms with E-state index in [0.29, 0.717) is 44.1 Å². The molecule has 0 saturated heterocycles. The number of ketones is 1. The van der Waals surface area contributed by atoms with Crippen LogP contribution < -0.4 is 0 Å². The summed E-state index contributed by atoms with van der Waals surface area (Å²) in [6, 6.07) is 0. The van der Waals surface area contributed by atoms with Crippen LogP contribution in [0.3, 0.4) is 0 Å². The van der Waals surface area contributed by atoms with Gasteiger partial charge in [-0.15, -0.1) is 0 Å². The van der Waals surface area contributed by atoms with Crippen LogP contribution in [0.2, 0.25) is 0 Å². The maximum atomic E-state index is 13.3. The number of hydrogen-bond acceptors (Lipinski definition) is 8. The van der Waals surface area contributed by atoms with E-state index in [0.717, 1.165) is 0 Å². The number of carbonyl (C=O) groups is 1. The van der Waals surface area contributed by atoms with Crippen molar-refractivity contribution in [2.75, 3.05) is 6.61 Å². The molecule has 212 valence electrons. The van der Waals surface area contributed by atoms with Crippen molar-refractivity contribution in [1.82, 2.24) is 0 Å². The molecule has 0 radical (unpaired) electrons. The van der Waals surface area contributed by atoms with Crippen LogP contribution in [-0.2, 0) is 4.79 Å². The third-order valence-corrected chi connectivity index (χ3v) is 11.5. The molecule has 1 unspecified atom stereocenters. The number of aliphatic hydroxyl groups excluding tert-OH is 4. The van der Waals surface area contributed by atoms with E-state index < -0.39 is 63.7 Å². The number of aliphatic hydroxyl groups is 7. The fourth-order valence-corrected chi connectivity index (χ4v) is 8.96. The van der Waals surface area contributed by atoms with Gasteiger partial charge in [0.25, 0.3) is 0 Å². The lowest BCUT2D eigenvalue weighted by atomic mass is 9.45. The van der Waals surface area contributed by atoms with Crippen molar-refractivity contribution in [3.8, 4) is 0 Å². The molecule has 4 rings (SSSR count). The van der Waals surface area contributed by atoms with E-state index in [1.54, 1.807) is 26.8 Å². The van der Waals surface area contributed by atoms with Crippen LogP contribution in [0.25, 0.3) is 0 Å². The Balaban J connectivity index is 1.65. The molecule has 0 spiro atoms. The van der Waals surface area contributed by atoms with Gasteiger partial charge in [-0.3, -0.25) is 4.79 Å². The molecule has 0 heterocycles. The molecule has 7 N–H and O–H groups in total. The first kappa shape index (κ1) is 29.1. The number of carbonyl (C=O) groups excluding carboxylic acids is 1. The molecule has 0 aliphatic heterocycles. The summed E-state index contributed by atoms with van der Waals surface area (Å²) in [5.74, 6) is -1.53. The molecule has 8 nitrogen and oxygen atoms in total. The molecule has 3 saturated carbocycles. The van der Waals surface area contributed by atoms with Gasteiger partial charge in [-0.25, -0.2) is 0 Å². The minimum absolute atomic E-state index is 0.103. The maximum Gasteiger partial charge on any atom is 0.159 e. The van der Waals surface area contributed by atoms with Crippen LogP contribution in [0.1, 0.15) is 86.0 Å². The summed E-state index contributed by atoms with van der Waals surface area (Å²) in [4.78, 5) is 13.3. The summed E-state index contributed by atoms with van der Waals surface area (Å²) in [6.45, 7) is 8.67. The van der Waals surface area contributed by atoms with Crippen molar-refractivity contribution in [1.29, 1.82) is 0 Å². The molecule has 8 heteroatoms. The van der Waals surface area contributed by atoms with Crippen molar-refractivity contribution in [2.24, 2.45) is 34.5 Å². The number of fused-ring (bicyclic) bond motifs is 5. The van der Waals surface area contributed by atoms with Crippen LogP contribution in [0.4, 0.5) is 0 Å². The monoisotopic (exact) mass is 524 g/mol. The third-order valence-electron chi connectivity index (χ3n) is 11.5. The highest BCUT2D eigenvalue weighted by atomic mass is 16.3. The van der Waals surface area contributed by atoms with Crippen LogP contribution in [0, 0.1) is 34.5 Å². The zero-order valence-electron chi connectivity index (χ0n) is 23.0. The fraction of sp³-hybridized carbons (Fsp3) is 0.897. The van der Waals surface area contributed by atoms with Gasteiger partial charge in [0.2, 0.25) is 0 Å². The van der Waals surface area contributed by atoms with E-state index in [4.69, 9.17) is 0 Å². The molecule has 11 atom stereocenters. The van der Waals surface area contributed by atoms with Crippen molar-refractivity contribution in [3.05, 3.63) is 11.6 Å². The van der Waals surface area contributed by atoms with Gasteiger partial charge < -0.3 is 35.7 Å². The first-order valence-electron chi connectivity index (χ1n) is 14.0. The predicted octanol–water partition coefficient (Wildman–Crippen LogP) is 1.46. The molecule has 37 heavy (non-hydrogen) atoms. The Kier molecular flexibility index (Phi) is 7.36. The zero-order valence-corrected chi connectivity index (χ0v) is 23.0. The van der Waals surface area contributed by atoms with Gasteiger partial charge in [0.05, 0.1) is 35.1 Å². The fourth-order valence-electron chi connectivity index (χ4n) is 8.96. The van der Waals surface area contributed by atoms with Gasteiger partial charge in [0.1, 0.15) is 0 Å². The minimum Gasteiger partial charge on any atom is -0.396 e. The Hall–Kier alpha value is -0.870. The Morgan fingerprint density at radius 2 is 1.70 bits per heavy atom. The molecular weight excluding hydrogens is 476 g/mol. The van der Waals surface area contributed by atoms with Gasteiger partial charge in [-0.1, -0.05) is 13.8 Å². The van der Waals surface area contributed by atoms with Crippen molar-refractivity contribution >= 4 is 5.78 Å². The molecule has 0 aromatic heterocycles. The summed E-state index contributed by atoms with van der Waals surface area (Å²) >= 11 is 0. The van der Waals surface area contributed by atoms with E-state index in [-0.39, 0.29) is 31.1 Å². The van der Waals surface area contributed by atoms with Crippen LogP contribution in [-0.4, -0.2) is 83.3 Å². The standard InChI is InChI=1S/C29H48O8/c1-25(2,35)16(8-11-30)12-24(34)28(5,36)23-7-10-29(37)18-13-20(31)19-14-21(32)22(33)15-26(19,3)17(18)6-9-27(23,29)4/h13,16-17,19,21-24,30,32-37H,6-12,14-15H2,1-5H3/t16?,17-,19-,21+,22-,23-,24+,26+,27+,28+,29+/m0/s1. The van der Waals surface area contributed by atoms with Gasteiger partial charge >= 0.3 is 0 Å². The van der Waals surface area contributed by atoms with Crippen molar-refractivity contribution in [2.45, 2.75) is 121 Å². The second-order valence-electron chi connectivity index (χ2n) is 13.9. The highest BCUT2D eigenvalue weighted by Crippen LogP contribution is 2.68. The van der Waals surface area contributed by atoms with Crippen molar-refractivity contribution < 1.29 is 40.5 Å². The Morgan fingerprint density at radius 3 is 2.30 bits per heavy atom. The lowest BCUT2D eigenvalue weighted by Gasteiger charge is -2.60. The molecule has 0 bridgehead atoms. The normalized spacial score (nSPS) is 45.2. The first-order chi connectivity index (χ1) is 16.9. The first-order valence-corrected chi connectivity index (χ1v) is 14.0. The number of allylic oxidation sites excluding steroid dienone is 1. The molecule has 4 aliphatic carbocycles. The molecule has 0 aromatic rings. The summed E-state index contributed by atoms with van der Waals surface area (Å²) in [6.07, 6.45) is 1.53. The van der Waals surface area contributed by atoms with E-state index in [2.05, 4.69) is 0 Å². The van der Waals surface area contributed by atoms with Crippen molar-refractivity contribution in [3.63, 3.8) is 0 Å². The summed E-state index contributed by atoms with van der Waals surface area (Å²) in [7, 11) is 0. The van der Waals surface area contributed by atoms with E-state index in [9.17, 15) is 40.5 Å². The minimum atomic E-state index is -1.57. The second kappa shape index (κ2) is 9.36. The largest absolute Gasteiger partial charge is 0.396 e. The van der Waals surface area contributed by atoms with Crippen LogP contribution in [0.5, 0.6) is 0 Å². The smallest absolute Gasteiger partial charge is 0.159 e. The second-order valence-corrected chi connectivity index (χ2v) is 13.9. The lowest BCUT2D eigenvalue weighted by Crippen LogP contribution is -2.63. The average Bonchev–Trinajstić information content (AvgIpc) is 3.07. The van der Waals surface area contributed by atoms with Gasteiger partial charge in [-0.2, -0.15) is 0 Å². The SMILES string of the molecule is CC(C)(O)C(CCO)C[C@@H](O)[C@](C)(O)[C@H]1CC[C@@]2(O)C3=CC(=O)[C@@H]4C[C@@H](O)[C@@H](O)C[C@]4(C)[C@H]3CC[C@]12C. The van der Waals surface area contributed by atoms with E-state index >= 15 is 0 Å². The number of rotatable bonds is 7. The summed E-state index contributed by atoms with van der Waals surface area (Å²) in [5.41, 5.74) is -4.73. The van der Waals surface area contributed by atoms with Gasteiger partial charge in [-0.05, 0) is 107 Å². The Morgan fingerprint density at radius 1 is 1.05 bits per heavy atom. The third kappa shape index (κ3) is 4.35. The maximum absolute atomic E-state index is 13.3. The molecule has 0 aromatic carbocycles. The molecular formula is C29H48O8. The molecule has 0 amide bonds.